The number of methoxy groups -OCH3 is 1. The van der Waals surface area contributed by atoms with Gasteiger partial charge in [0.15, 0.2) is 0 Å². The Bertz CT molecular complexity index is 1040. The molecule has 3 rings (SSSR count). The van der Waals surface area contributed by atoms with Crippen LogP contribution in [0.5, 0.6) is 5.75 Å². The van der Waals surface area contributed by atoms with Crippen LogP contribution in [0.15, 0.2) is 53.4 Å². The molecule has 0 unspecified atom stereocenters. The molecule has 0 atom stereocenters. The van der Waals surface area contributed by atoms with E-state index in [1.54, 1.807) is 36.4 Å². The number of hydrogen-bond acceptors (Lipinski definition) is 5. The molecular formula is C25H35N3O4S. The topological polar surface area (TPSA) is 78.9 Å². The van der Waals surface area contributed by atoms with Gasteiger partial charge in [0.25, 0.3) is 15.9 Å². The van der Waals surface area contributed by atoms with E-state index in [0.717, 1.165) is 12.8 Å². The van der Waals surface area contributed by atoms with E-state index < -0.39 is 10.0 Å². The van der Waals surface area contributed by atoms with Crippen molar-refractivity contribution in [2.45, 2.75) is 49.0 Å². The van der Waals surface area contributed by atoms with Gasteiger partial charge in [-0.05, 0) is 63.3 Å². The zero-order valence-corrected chi connectivity index (χ0v) is 20.8. The molecule has 1 fully saturated rings. The Balaban J connectivity index is 1.73. The maximum absolute atomic E-state index is 13.1. The van der Waals surface area contributed by atoms with Gasteiger partial charge in [-0.2, -0.15) is 0 Å². The molecule has 0 aliphatic heterocycles. The standard InChI is InChI=1S/C25H35N3O4S/c1-27(2)25(17-9-5-6-10-18-25)19-26-24(29)20-13-15-21(16-14-20)33(30,31)28(3)22-11-7-8-12-23(22)32-4/h7-8,11-16H,5-6,9-10,17-19H2,1-4H3,(H,26,29). The average molecular weight is 474 g/mol. The molecule has 0 saturated heterocycles. The summed E-state index contributed by atoms with van der Waals surface area (Å²) in [4.78, 5) is 15.2. The van der Waals surface area contributed by atoms with E-state index in [-0.39, 0.29) is 16.3 Å². The second kappa shape index (κ2) is 10.6. The summed E-state index contributed by atoms with van der Waals surface area (Å²) in [5.41, 5.74) is 0.850. The molecule has 0 heterocycles. The molecule has 0 aromatic heterocycles. The highest BCUT2D eigenvalue weighted by molar-refractivity contribution is 7.92. The van der Waals surface area contributed by atoms with Gasteiger partial charge in [-0.3, -0.25) is 9.10 Å². The third-order valence-corrected chi connectivity index (χ3v) is 8.55. The molecule has 2 aromatic rings. The van der Waals surface area contributed by atoms with Gasteiger partial charge in [0.1, 0.15) is 5.75 Å². The molecule has 2 aromatic carbocycles. The summed E-state index contributed by atoms with van der Waals surface area (Å²) in [7, 11) is 3.34. The fraction of sp³-hybridized carbons (Fsp3) is 0.480. The van der Waals surface area contributed by atoms with Crippen molar-refractivity contribution >= 4 is 21.6 Å². The Morgan fingerprint density at radius 1 is 0.970 bits per heavy atom. The Morgan fingerprint density at radius 3 is 2.15 bits per heavy atom. The highest BCUT2D eigenvalue weighted by Crippen LogP contribution is 2.32. The minimum Gasteiger partial charge on any atom is -0.495 e. The van der Waals surface area contributed by atoms with Crippen LogP contribution in [0.2, 0.25) is 0 Å². The molecule has 1 saturated carbocycles. The second-order valence-corrected chi connectivity index (χ2v) is 10.9. The Morgan fingerprint density at radius 2 is 1.58 bits per heavy atom. The molecule has 33 heavy (non-hydrogen) atoms. The first-order valence-corrected chi connectivity index (χ1v) is 12.8. The maximum atomic E-state index is 13.1. The second-order valence-electron chi connectivity index (χ2n) is 8.88. The van der Waals surface area contributed by atoms with Crippen LogP contribution < -0.4 is 14.4 Å². The third-order valence-electron chi connectivity index (χ3n) is 6.76. The van der Waals surface area contributed by atoms with Crippen molar-refractivity contribution in [3.8, 4) is 5.75 Å². The predicted molar refractivity (Wildman–Crippen MR) is 131 cm³/mol. The summed E-state index contributed by atoms with van der Waals surface area (Å²) in [6, 6.07) is 13.0. The number of nitrogens with one attached hydrogen (secondary N) is 1. The van der Waals surface area contributed by atoms with E-state index >= 15 is 0 Å². The number of nitrogens with zero attached hydrogens (tertiary/aromatic N) is 2. The van der Waals surface area contributed by atoms with E-state index in [9.17, 15) is 13.2 Å². The van der Waals surface area contributed by atoms with Crippen LogP contribution in [0.4, 0.5) is 5.69 Å². The highest BCUT2D eigenvalue weighted by atomic mass is 32.2. The number of carbonyl (C=O) groups is 1. The van der Waals surface area contributed by atoms with Crippen molar-refractivity contribution in [3.63, 3.8) is 0 Å². The Kier molecular flexibility index (Phi) is 8.02. The number of benzene rings is 2. The number of hydrogen-bond donors (Lipinski definition) is 1. The number of anilines is 1. The van der Waals surface area contributed by atoms with Crippen LogP contribution in [-0.2, 0) is 10.0 Å². The number of likely N-dealkylation sites (N-methyl/N-ethyl adjacent to an activating group) is 1. The van der Waals surface area contributed by atoms with Crippen LogP contribution in [0.25, 0.3) is 0 Å². The number of para-hydroxylation sites is 2. The number of rotatable bonds is 8. The highest BCUT2D eigenvalue weighted by Gasteiger charge is 2.33. The van der Waals surface area contributed by atoms with Crippen LogP contribution in [0.1, 0.15) is 48.9 Å². The van der Waals surface area contributed by atoms with Gasteiger partial charge in [0.05, 0.1) is 17.7 Å². The average Bonchev–Trinajstić information content (AvgIpc) is 3.09. The van der Waals surface area contributed by atoms with Gasteiger partial charge < -0.3 is 15.0 Å². The lowest BCUT2D eigenvalue weighted by Crippen LogP contribution is -2.52. The van der Waals surface area contributed by atoms with Gasteiger partial charge in [-0.15, -0.1) is 0 Å². The summed E-state index contributed by atoms with van der Waals surface area (Å²) < 4.78 is 32.7. The quantitative estimate of drug-likeness (QED) is 0.588. The van der Waals surface area contributed by atoms with Crippen LogP contribution in [-0.4, -0.2) is 59.6 Å². The number of amides is 1. The fourth-order valence-electron chi connectivity index (χ4n) is 4.47. The molecule has 0 bridgehead atoms. The van der Waals surface area contributed by atoms with Gasteiger partial charge in [0.2, 0.25) is 0 Å². The smallest absolute Gasteiger partial charge is 0.264 e. The van der Waals surface area contributed by atoms with Crippen molar-refractivity contribution in [3.05, 3.63) is 54.1 Å². The van der Waals surface area contributed by atoms with E-state index in [0.29, 0.717) is 23.5 Å². The first kappa shape index (κ1) is 25.1. The first-order valence-electron chi connectivity index (χ1n) is 11.4. The molecule has 7 nitrogen and oxygen atoms in total. The predicted octanol–water partition coefficient (Wildman–Crippen LogP) is 3.90. The summed E-state index contributed by atoms with van der Waals surface area (Å²) in [6.45, 7) is 0.579. The van der Waals surface area contributed by atoms with Crippen LogP contribution >= 0.6 is 0 Å². The summed E-state index contributed by atoms with van der Waals surface area (Å²) in [6.07, 6.45) is 6.94. The van der Waals surface area contributed by atoms with Gasteiger partial charge in [-0.25, -0.2) is 8.42 Å². The lowest BCUT2D eigenvalue weighted by atomic mass is 9.88. The first-order chi connectivity index (χ1) is 15.7. The molecule has 0 spiro atoms. The molecule has 180 valence electrons. The normalized spacial score (nSPS) is 16.2. The molecule has 1 aliphatic rings. The van der Waals surface area contributed by atoms with E-state index in [4.69, 9.17) is 4.74 Å². The van der Waals surface area contributed by atoms with E-state index in [1.807, 2.05) is 0 Å². The monoisotopic (exact) mass is 473 g/mol. The summed E-state index contributed by atoms with van der Waals surface area (Å²) >= 11 is 0. The summed E-state index contributed by atoms with van der Waals surface area (Å²) in [5, 5.41) is 3.08. The number of sulfonamides is 1. The SMILES string of the molecule is COc1ccccc1N(C)S(=O)(=O)c1ccc(C(=O)NCC2(N(C)C)CCCCCC2)cc1. The van der Waals surface area contributed by atoms with Gasteiger partial charge >= 0.3 is 0 Å². The van der Waals surface area contributed by atoms with Crippen molar-refractivity contribution in [2.24, 2.45) is 0 Å². The Labute approximate surface area is 197 Å². The Hall–Kier alpha value is -2.58. The maximum Gasteiger partial charge on any atom is 0.264 e. The molecule has 8 heteroatoms. The van der Waals surface area contributed by atoms with Crippen LogP contribution in [0.3, 0.4) is 0 Å². The minimum atomic E-state index is -3.81. The van der Waals surface area contributed by atoms with Crippen LogP contribution in [0, 0.1) is 0 Å². The van der Waals surface area contributed by atoms with Crippen molar-refractivity contribution in [2.75, 3.05) is 39.1 Å². The van der Waals surface area contributed by atoms with Crippen molar-refractivity contribution in [1.82, 2.24) is 10.2 Å². The molecule has 0 radical (unpaired) electrons. The zero-order chi connectivity index (χ0) is 24.1. The lowest BCUT2D eigenvalue weighted by Gasteiger charge is -2.39. The number of ether oxygens (including phenoxy) is 1. The molecular weight excluding hydrogens is 438 g/mol. The number of carbonyl (C=O) groups excluding carboxylic acids is 1. The van der Waals surface area contributed by atoms with Crippen molar-refractivity contribution in [1.29, 1.82) is 0 Å². The van der Waals surface area contributed by atoms with Crippen molar-refractivity contribution < 1.29 is 17.9 Å². The lowest BCUT2D eigenvalue weighted by molar-refractivity contribution is 0.0869. The molecule has 1 aliphatic carbocycles. The van der Waals surface area contributed by atoms with E-state index in [2.05, 4.69) is 24.3 Å². The fourth-order valence-corrected chi connectivity index (χ4v) is 5.68. The third kappa shape index (κ3) is 5.50. The minimum absolute atomic E-state index is 0.0348. The molecule has 1 amide bonds. The van der Waals surface area contributed by atoms with Gasteiger partial charge in [-0.1, -0.05) is 37.8 Å². The van der Waals surface area contributed by atoms with E-state index in [1.165, 1.54) is 56.3 Å². The van der Waals surface area contributed by atoms with Gasteiger partial charge in [0, 0.05) is 24.7 Å². The molecule has 1 N–H and O–H groups in total. The summed E-state index contributed by atoms with van der Waals surface area (Å²) in [5.74, 6) is 0.274. The largest absolute Gasteiger partial charge is 0.495 e. The zero-order valence-electron chi connectivity index (χ0n) is 20.0.